The van der Waals surface area contributed by atoms with Crippen LogP contribution in [-0.2, 0) is 9.53 Å². The lowest BCUT2D eigenvalue weighted by atomic mass is 10.0. The molecule has 17 heavy (non-hydrogen) atoms. The summed E-state index contributed by atoms with van der Waals surface area (Å²) in [4.78, 5) is 33.7. The minimum Gasteiger partial charge on any atom is -0.478 e. The molecule has 0 heterocycles. The number of benzene rings is 1. The fourth-order valence-electron chi connectivity index (χ4n) is 1.31. The Labute approximate surface area is 98.0 Å². The third-order valence-corrected chi connectivity index (χ3v) is 2.19. The molecule has 1 aromatic rings. The molecule has 0 aromatic heterocycles. The SMILES string of the molecule is CCOC(=O)C(=O)c1cc(C(=O)O)ccc1C. The second kappa shape index (κ2) is 5.25. The van der Waals surface area contributed by atoms with Crippen LogP contribution in [0.15, 0.2) is 18.2 Å². The van der Waals surface area contributed by atoms with Crippen molar-refractivity contribution in [3.05, 3.63) is 34.9 Å². The summed E-state index contributed by atoms with van der Waals surface area (Å²) in [6, 6.07) is 4.03. The van der Waals surface area contributed by atoms with E-state index in [0.717, 1.165) is 0 Å². The molecule has 0 aliphatic rings. The highest BCUT2D eigenvalue weighted by Crippen LogP contribution is 2.13. The summed E-state index contributed by atoms with van der Waals surface area (Å²) in [5.41, 5.74) is 0.555. The molecule has 0 bridgehead atoms. The Bertz CT molecular complexity index is 476. The molecule has 0 aliphatic heterocycles. The molecule has 0 saturated carbocycles. The zero-order valence-electron chi connectivity index (χ0n) is 9.52. The van der Waals surface area contributed by atoms with Gasteiger partial charge in [-0.25, -0.2) is 9.59 Å². The van der Waals surface area contributed by atoms with Crippen molar-refractivity contribution in [2.24, 2.45) is 0 Å². The molecule has 5 nitrogen and oxygen atoms in total. The van der Waals surface area contributed by atoms with Crippen LogP contribution in [0.25, 0.3) is 0 Å². The molecule has 1 rings (SSSR count). The van der Waals surface area contributed by atoms with Gasteiger partial charge in [-0.2, -0.15) is 0 Å². The van der Waals surface area contributed by atoms with Crippen LogP contribution in [0, 0.1) is 6.92 Å². The Morgan fingerprint density at radius 3 is 2.47 bits per heavy atom. The number of carboxylic acids is 1. The predicted molar refractivity (Wildman–Crippen MR) is 59.1 cm³/mol. The molecule has 5 heteroatoms. The van der Waals surface area contributed by atoms with Gasteiger partial charge in [-0.1, -0.05) is 6.07 Å². The largest absolute Gasteiger partial charge is 0.478 e. The zero-order chi connectivity index (χ0) is 13.0. The number of hydrogen-bond donors (Lipinski definition) is 1. The fourth-order valence-corrected chi connectivity index (χ4v) is 1.31. The highest BCUT2D eigenvalue weighted by Gasteiger charge is 2.20. The minimum absolute atomic E-state index is 0.0387. The van der Waals surface area contributed by atoms with Crippen LogP contribution in [-0.4, -0.2) is 29.4 Å². The van der Waals surface area contributed by atoms with Crippen LogP contribution in [0.4, 0.5) is 0 Å². The first-order valence-corrected chi connectivity index (χ1v) is 5.02. The normalized spacial score (nSPS) is 9.76. The third kappa shape index (κ3) is 2.90. The van der Waals surface area contributed by atoms with Gasteiger partial charge in [0, 0.05) is 5.56 Å². The minimum atomic E-state index is -1.15. The van der Waals surface area contributed by atoms with Crippen LogP contribution in [0.1, 0.15) is 33.2 Å². The quantitative estimate of drug-likeness (QED) is 0.486. The van der Waals surface area contributed by atoms with E-state index in [4.69, 9.17) is 5.11 Å². The summed E-state index contributed by atoms with van der Waals surface area (Å²) in [5.74, 6) is -2.95. The van der Waals surface area contributed by atoms with Gasteiger partial charge in [-0.3, -0.25) is 4.79 Å². The van der Waals surface area contributed by atoms with E-state index in [2.05, 4.69) is 4.74 Å². The number of aryl methyl sites for hydroxylation is 1. The summed E-state index contributed by atoms with van der Waals surface area (Å²) < 4.78 is 4.58. The Morgan fingerprint density at radius 1 is 1.29 bits per heavy atom. The van der Waals surface area contributed by atoms with Crippen molar-refractivity contribution in [1.82, 2.24) is 0 Å². The molecule has 0 radical (unpaired) electrons. The number of esters is 1. The van der Waals surface area contributed by atoms with Gasteiger partial charge in [0.05, 0.1) is 12.2 Å². The van der Waals surface area contributed by atoms with E-state index < -0.39 is 17.7 Å². The van der Waals surface area contributed by atoms with Gasteiger partial charge in [0.25, 0.3) is 5.78 Å². The third-order valence-electron chi connectivity index (χ3n) is 2.19. The van der Waals surface area contributed by atoms with Gasteiger partial charge in [0.15, 0.2) is 0 Å². The van der Waals surface area contributed by atoms with Gasteiger partial charge in [-0.05, 0) is 31.5 Å². The summed E-state index contributed by atoms with van der Waals surface area (Å²) in [6.45, 7) is 3.31. The first-order valence-electron chi connectivity index (χ1n) is 5.02. The van der Waals surface area contributed by atoms with E-state index in [1.165, 1.54) is 18.2 Å². The smallest absolute Gasteiger partial charge is 0.379 e. The number of rotatable bonds is 4. The Morgan fingerprint density at radius 2 is 1.94 bits per heavy atom. The molecule has 0 fully saturated rings. The van der Waals surface area contributed by atoms with Crippen molar-refractivity contribution in [3.63, 3.8) is 0 Å². The second-order valence-electron chi connectivity index (χ2n) is 3.38. The first kappa shape index (κ1) is 12.9. The molecule has 0 unspecified atom stereocenters. The number of aromatic carboxylic acids is 1. The standard InChI is InChI=1S/C12H12O5/c1-3-17-12(16)10(13)9-6-8(11(14)15)5-4-7(9)2/h4-6H,3H2,1-2H3,(H,14,15). The van der Waals surface area contributed by atoms with E-state index in [1.54, 1.807) is 13.8 Å². The highest BCUT2D eigenvalue weighted by atomic mass is 16.5. The summed E-state index contributed by atoms with van der Waals surface area (Å²) in [5, 5.41) is 8.80. The number of carboxylic acid groups (broad SMARTS) is 1. The lowest BCUT2D eigenvalue weighted by Crippen LogP contribution is -2.19. The number of Topliss-reactive ketones (excluding diaryl/α,β-unsaturated/α-hetero) is 1. The average Bonchev–Trinajstić information content (AvgIpc) is 2.28. The van der Waals surface area contributed by atoms with E-state index >= 15 is 0 Å². The van der Waals surface area contributed by atoms with Gasteiger partial charge in [0.2, 0.25) is 0 Å². The zero-order valence-corrected chi connectivity index (χ0v) is 9.52. The number of hydrogen-bond acceptors (Lipinski definition) is 4. The van der Waals surface area contributed by atoms with E-state index in [1.807, 2.05) is 0 Å². The van der Waals surface area contributed by atoms with E-state index in [0.29, 0.717) is 5.56 Å². The molecule has 0 aliphatic carbocycles. The van der Waals surface area contributed by atoms with Gasteiger partial charge >= 0.3 is 11.9 Å². The fraction of sp³-hybridized carbons (Fsp3) is 0.250. The van der Waals surface area contributed by atoms with Crippen molar-refractivity contribution in [2.45, 2.75) is 13.8 Å². The van der Waals surface area contributed by atoms with Crippen molar-refractivity contribution < 1.29 is 24.2 Å². The van der Waals surface area contributed by atoms with Crippen LogP contribution in [0.2, 0.25) is 0 Å². The average molecular weight is 236 g/mol. The van der Waals surface area contributed by atoms with Crippen molar-refractivity contribution in [2.75, 3.05) is 6.61 Å². The summed E-state index contributed by atoms with van der Waals surface area (Å²) in [7, 11) is 0. The predicted octanol–water partition coefficient (Wildman–Crippen LogP) is 1.44. The van der Waals surface area contributed by atoms with Crippen molar-refractivity contribution >= 4 is 17.7 Å². The summed E-state index contributed by atoms with van der Waals surface area (Å²) in [6.07, 6.45) is 0. The van der Waals surface area contributed by atoms with Crippen LogP contribution < -0.4 is 0 Å². The maximum atomic E-state index is 11.7. The first-order chi connectivity index (χ1) is 7.97. The lowest BCUT2D eigenvalue weighted by Gasteiger charge is -2.05. The maximum Gasteiger partial charge on any atom is 0.379 e. The molecule has 0 atom stereocenters. The molecule has 1 aromatic carbocycles. The van der Waals surface area contributed by atoms with E-state index in [9.17, 15) is 14.4 Å². The molecular formula is C12H12O5. The molecule has 0 saturated heterocycles. The monoisotopic (exact) mass is 236 g/mol. The van der Waals surface area contributed by atoms with Gasteiger partial charge in [0.1, 0.15) is 0 Å². The van der Waals surface area contributed by atoms with Crippen molar-refractivity contribution in [3.8, 4) is 0 Å². The van der Waals surface area contributed by atoms with Gasteiger partial charge in [-0.15, -0.1) is 0 Å². The second-order valence-corrected chi connectivity index (χ2v) is 3.38. The molecule has 0 spiro atoms. The number of carbonyl (C=O) groups excluding carboxylic acids is 2. The highest BCUT2D eigenvalue weighted by molar-refractivity contribution is 6.41. The van der Waals surface area contributed by atoms with E-state index in [-0.39, 0.29) is 17.7 Å². The Kier molecular flexibility index (Phi) is 3.98. The van der Waals surface area contributed by atoms with Gasteiger partial charge < -0.3 is 9.84 Å². The topological polar surface area (TPSA) is 80.7 Å². The Balaban J connectivity index is 3.12. The number of ketones is 1. The number of ether oxygens (including phenoxy) is 1. The lowest BCUT2D eigenvalue weighted by molar-refractivity contribution is -0.137. The Hall–Kier alpha value is -2.17. The molecule has 1 N–H and O–H groups in total. The maximum absolute atomic E-state index is 11.7. The molecular weight excluding hydrogens is 224 g/mol. The molecule has 0 amide bonds. The molecule has 90 valence electrons. The van der Waals surface area contributed by atoms with Crippen LogP contribution >= 0.6 is 0 Å². The summed E-state index contributed by atoms with van der Waals surface area (Å²) >= 11 is 0. The number of carbonyl (C=O) groups is 3. The van der Waals surface area contributed by atoms with Crippen molar-refractivity contribution in [1.29, 1.82) is 0 Å². The van der Waals surface area contributed by atoms with Crippen LogP contribution in [0.3, 0.4) is 0 Å². The van der Waals surface area contributed by atoms with Crippen LogP contribution in [0.5, 0.6) is 0 Å².